The molecule has 0 radical (unpaired) electrons. The van der Waals surface area contributed by atoms with Gasteiger partial charge in [0.2, 0.25) is 5.78 Å². The first-order valence-electron chi connectivity index (χ1n) is 14.3. The lowest BCUT2D eigenvalue weighted by molar-refractivity contribution is -0.175. The average Bonchev–Trinajstić information content (AvgIpc) is 2.90. The minimum atomic E-state index is -2.77. The number of likely N-dealkylation sites (N-methyl/N-ethyl adjacent to an activating group) is 1. The van der Waals surface area contributed by atoms with Gasteiger partial charge >= 0.3 is 0 Å². The second-order valence-corrected chi connectivity index (χ2v) is 13.2. The van der Waals surface area contributed by atoms with Crippen molar-refractivity contribution in [2.45, 2.75) is 64.6 Å². The Morgan fingerprint density at radius 1 is 1.09 bits per heavy atom. The van der Waals surface area contributed by atoms with Crippen LogP contribution in [-0.2, 0) is 27.3 Å². The Labute approximate surface area is 250 Å². The van der Waals surface area contributed by atoms with Gasteiger partial charge in [0.15, 0.2) is 11.4 Å². The highest BCUT2D eigenvalue weighted by atomic mass is 16.3. The average molecular weight is 590 g/mol. The normalized spacial score (nSPS) is 28.7. The van der Waals surface area contributed by atoms with E-state index in [4.69, 9.17) is 11.5 Å². The summed E-state index contributed by atoms with van der Waals surface area (Å²) in [6, 6.07) is 8.52. The third-order valence-electron chi connectivity index (χ3n) is 9.82. The van der Waals surface area contributed by atoms with Gasteiger partial charge < -0.3 is 31.9 Å². The Morgan fingerprint density at radius 2 is 1.70 bits per heavy atom. The molecule has 2 aromatic rings. The van der Waals surface area contributed by atoms with Crippen LogP contribution in [0.4, 0.5) is 0 Å². The zero-order valence-corrected chi connectivity index (χ0v) is 25.3. The molecule has 0 saturated heterocycles. The van der Waals surface area contributed by atoms with E-state index in [-0.39, 0.29) is 36.3 Å². The molecule has 43 heavy (non-hydrogen) atoms. The number of carbonyl (C=O) groups is 3. The van der Waals surface area contributed by atoms with Gasteiger partial charge in [-0.2, -0.15) is 0 Å². The van der Waals surface area contributed by atoms with E-state index < -0.39 is 57.0 Å². The number of nitrogens with zero attached hydrogens (tertiary/aromatic N) is 1. The lowest BCUT2D eigenvalue weighted by atomic mass is 9.46. The maximum atomic E-state index is 14.5. The van der Waals surface area contributed by atoms with Crippen molar-refractivity contribution in [1.82, 2.24) is 4.90 Å². The molecular formula is C33H39N3O7. The molecular weight excluding hydrogens is 550 g/mol. The lowest BCUT2D eigenvalue weighted by Gasteiger charge is -2.59. The van der Waals surface area contributed by atoms with Crippen molar-refractivity contribution in [3.63, 3.8) is 0 Å². The number of ketones is 2. The first kappa shape index (κ1) is 30.5. The van der Waals surface area contributed by atoms with Crippen molar-refractivity contribution >= 4 is 23.2 Å². The number of nitrogens with two attached hydrogens (primary N) is 2. The number of rotatable bonds is 5. The largest absolute Gasteiger partial charge is 0.508 e. The summed E-state index contributed by atoms with van der Waals surface area (Å²) in [5.41, 5.74) is 8.44. The van der Waals surface area contributed by atoms with Crippen LogP contribution in [0.15, 0.2) is 47.2 Å². The van der Waals surface area contributed by atoms with E-state index >= 15 is 0 Å². The predicted octanol–water partition coefficient (Wildman–Crippen LogP) is 2.99. The first-order valence-corrected chi connectivity index (χ1v) is 14.3. The summed E-state index contributed by atoms with van der Waals surface area (Å²) in [6.45, 7) is 7.41. The maximum absolute atomic E-state index is 14.5. The molecule has 10 nitrogen and oxygen atoms in total. The minimum Gasteiger partial charge on any atom is -0.508 e. The second kappa shape index (κ2) is 9.77. The van der Waals surface area contributed by atoms with E-state index in [0.29, 0.717) is 17.0 Å². The number of phenols is 1. The highest BCUT2D eigenvalue weighted by molar-refractivity contribution is 6.25. The van der Waals surface area contributed by atoms with Gasteiger partial charge in [0.25, 0.3) is 5.91 Å². The zero-order chi connectivity index (χ0) is 32.0. The summed E-state index contributed by atoms with van der Waals surface area (Å²) >= 11 is 0. The molecule has 1 fully saturated rings. The summed E-state index contributed by atoms with van der Waals surface area (Å²) < 4.78 is 0. The number of aliphatic hydroxyl groups is 3. The Kier molecular flexibility index (Phi) is 6.92. The van der Waals surface area contributed by atoms with Crippen molar-refractivity contribution in [3.05, 3.63) is 69.5 Å². The number of hydrogen-bond acceptors (Lipinski definition) is 9. The van der Waals surface area contributed by atoms with E-state index in [1.165, 1.54) is 11.8 Å². The molecule has 8 N–H and O–H groups in total. The van der Waals surface area contributed by atoms with Gasteiger partial charge in [-0.1, -0.05) is 52.0 Å². The predicted molar refractivity (Wildman–Crippen MR) is 161 cm³/mol. The first-order chi connectivity index (χ1) is 20.0. The van der Waals surface area contributed by atoms with Crippen molar-refractivity contribution in [3.8, 4) is 16.9 Å². The number of fused-ring (bicyclic) bond motifs is 3. The zero-order valence-electron chi connectivity index (χ0n) is 25.3. The van der Waals surface area contributed by atoms with Crippen molar-refractivity contribution in [1.29, 1.82) is 0 Å². The Balaban J connectivity index is 1.83. The van der Waals surface area contributed by atoms with Crippen LogP contribution in [0.1, 0.15) is 62.3 Å². The van der Waals surface area contributed by atoms with Crippen LogP contribution < -0.4 is 11.5 Å². The van der Waals surface area contributed by atoms with Gasteiger partial charge in [-0.25, -0.2) is 0 Å². The van der Waals surface area contributed by atoms with E-state index in [1.807, 2.05) is 24.3 Å². The van der Waals surface area contributed by atoms with Crippen molar-refractivity contribution in [2.75, 3.05) is 14.1 Å². The molecule has 2 aromatic carbocycles. The molecule has 1 amide bonds. The van der Waals surface area contributed by atoms with E-state index in [9.17, 15) is 34.8 Å². The smallest absolute Gasteiger partial charge is 0.255 e. The van der Waals surface area contributed by atoms with E-state index in [1.54, 1.807) is 27.1 Å². The molecule has 1 saturated carbocycles. The molecule has 5 rings (SSSR count). The molecule has 0 unspecified atom stereocenters. The third kappa shape index (κ3) is 3.93. The van der Waals surface area contributed by atoms with Gasteiger partial charge in [0.1, 0.15) is 22.8 Å². The quantitative estimate of drug-likeness (QED) is 0.285. The van der Waals surface area contributed by atoms with Crippen LogP contribution in [0, 0.1) is 10.8 Å². The SMILES string of the molecule is CC(C)c1ccc(-c2cc(CN)c(O)c3c2C[C@@]2(C)C[C@@]4(C)[C@H](N(C)C)C(=O)C(C(N)=O)=C(O)[C@@]4(O)C(=O)C2=C3O)cc1. The van der Waals surface area contributed by atoms with Crippen LogP contribution in [0.25, 0.3) is 16.9 Å². The topological polar surface area (TPSA) is 187 Å². The lowest BCUT2D eigenvalue weighted by Crippen LogP contribution is -2.72. The third-order valence-corrected chi connectivity index (χ3v) is 9.82. The standard InChI is InChI=1S/C33H39N3O7/c1-15(2)16-7-9-17(10-8-16)19-11-18(13-34)24(37)21-20(19)12-31(3)14-32(4)27(36(5)6)26(39)22(30(35)42)28(40)33(32,43)29(41)23(31)25(21)38/h7-11,15,27,37-38,40,43H,12-14,34H2,1-6H3,(H2,35,42)/t27-,31+,32+,33-/m1/s1. The van der Waals surface area contributed by atoms with Crippen molar-refractivity contribution in [2.24, 2.45) is 22.3 Å². The maximum Gasteiger partial charge on any atom is 0.255 e. The highest BCUT2D eigenvalue weighted by Gasteiger charge is 2.72. The number of Topliss-reactive ketones (excluding diaryl/α,β-unsaturated/α-hetero) is 2. The summed E-state index contributed by atoms with van der Waals surface area (Å²) in [6.07, 6.45) is 0.108. The number of benzene rings is 2. The van der Waals surface area contributed by atoms with Gasteiger partial charge in [-0.15, -0.1) is 0 Å². The van der Waals surface area contributed by atoms with E-state index in [2.05, 4.69) is 13.8 Å². The van der Waals surface area contributed by atoms with Gasteiger partial charge in [-0.3, -0.25) is 19.3 Å². The molecule has 0 heterocycles. The van der Waals surface area contributed by atoms with Crippen LogP contribution in [0.3, 0.4) is 0 Å². The molecule has 3 aliphatic carbocycles. The number of aromatic hydroxyl groups is 1. The molecule has 3 aliphatic rings. The fourth-order valence-electron chi connectivity index (χ4n) is 7.91. The summed E-state index contributed by atoms with van der Waals surface area (Å²) in [7, 11) is 3.15. The van der Waals surface area contributed by atoms with Crippen LogP contribution in [-0.4, -0.2) is 68.5 Å². The monoisotopic (exact) mass is 589 g/mol. The molecule has 0 aliphatic heterocycles. The van der Waals surface area contributed by atoms with Crippen LogP contribution in [0.2, 0.25) is 0 Å². The number of amides is 1. The molecule has 0 aromatic heterocycles. The summed E-state index contributed by atoms with van der Waals surface area (Å²) in [5, 5.41) is 46.5. The Bertz CT molecular complexity index is 1660. The Hall–Kier alpha value is -3.99. The highest BCUT2D eigenvalue weighted by Crippen LogP contribution is 2.63. The molecule has 228 valence electrons. The van der Waals surface area contributed by atoms with Gasteiger partial charge in [0, 0.05) is 28.5 Å². The molecule has 0 bridgehead atoms. The fourth-order valence-corrected chi connectivity index (χ4v) is 7.91. The van der Waals surface area contributed by atoms with Gasteiger partial charge in [-0.05, 0) is 61.2 Å². The van der Waals surface area contributed by atoms with Crippen LogP contribution >= 0.6 is 0 Å². The molecule has 10 heteroatoms. The number of hydrogen-bond donors (Lipinski definition) is 6. The van der Waals surface area contributed by atoms with Gasteiger partial charge in [0.05, 0.1) is 11.6 Å². The molecule has 4 atom stereocenters. The minimum absolute atomic E-state index is 0.0218. The van der Waals surface area contributed by atoms with Crippen molar-refractivity contribution < 1.29 is 34.8 Å². The second-order valence-electron chi connectivity index (χ2n) is 13.2. The fraction of sp³-hybridized carbons (Fsp3) is 0.424. The molecule has 0 spiro atoms. The Morgan fingerprint density at radius 3 is 2.21 bits per heavy atom. The van der Waals surface area contributed by atoms with Crippen LogP contribution in [0.5, 0.6) is 5.75 Å². The number of phenolic OH excluding ortho intramolecular Hbond substituents is 1. The van der Waals surface area contributed by atoms with E-state index in [0.717, 1.165) is 16.7 Å². The number of carbonyl (C=O) groups excluding carboxylic acids is 3. The summed E-state index contributed by atoms with van der Waals surface area (Å²) in [5.74, 6) is -4.81. The number of primary amides is 1. The number of aliphatic hydroxyl groups excluding tert-OH is 2. The summed E-state index contributed by atoms with van der Waals surface area (Å²) in [4.78, 5) is 41.9.